The molecular weight excluding hydrogens is 296 g/mol. The third-order valence-corrected chi connectivity index (χ3v) is 5.44. The fourth-order valence-corrected chi connectivity index (χ4v) is 4.25. The largest absolute Gasteiger partial charge is 0.385 e. The SMILES string of the molecule is CCNCc1sccc1S(=O)(=O)NCCCCCOC. The number of ether oxygens (including phenoxy) is 1. The van der Waals surface area contributed by atoms with Gasteiger partial charge in [0.05, 0.1) is 4.90 Å². The van der Waals surface area contributed by atoms with E-state index in [-0.39, 0.29) is 0 Å². The highest BCUT2D eigenvalue weighted by Crippen LogP contribution is 2.21. The Kier molecular flexibility index (Phi) is 8.32. The van der Waals surface area contributed by atoms with Crippen molar-refractivity contribution >= 4 is 21.4 Å². The molecule has 20 heavy (non-hydrogen) atoms. The van der Waals surface area contributed by atoms with Crippen LogP contribution in [0.5, 0.6) is 0 Å². The average Bonchev–Trinajstić information content (AvgIpc) is 2.89. The number of rotatable bonds is 11. The molecule has 1 aromatic rings. The monoisotopic (exact) mass is 320 g/mol. The smallest absolute Gasteiger partial charge is 0.241 e. The molecule has 2 N–H and O–H groups in total. The fourth-order valence-electron chi connectivity index (χ4n) is 1.77. The molecule has 1 rings (SSSR count). The van der Waals surface area contributed by atoms with E-state index in [1.165, 1.54) is 11.3 Å². The molecule has 1 heterocycles. The van der Waals surface area contributed by atoms with Gasteiger partial charge in [-0.05, 0) is 37.3 Å². The van der Waals surface area contributed by atoms with E-state index in [2.05, 4.69) is 10.0 Å². The summed E-state index contributed by atoms with van der Waals surface area (Å²) in [6.07, 6.45) is 2.75. The molecule has 0 amide bonds. The van der Waals surface area contributed by atoms with Crippen LogP contribution in [0.25, 0.3) is 0 Å². The van der Waals surface area contributed by atoms with E-state index in [0.29, 0.717) is 18.0 Å². The van der Waals surface area contributed by atoms with Gasteiger partial charge in [0.2, 0.25) is 10.0 Å². The molecule has 5 nitrogen and oxygen atoms in total. The molecular formula is C13H24N2O3S2. The first-order chi connectivity index (χ1) is 9.61. The quantitative estimate of drug-likeness (QED) is 0.612. The molecule has 0 aliphatic heterocycles. The lowest BCUT2D eigenvalue weighted by Gasteiger charge is -2.08. The summed E-state index contributed by atoms with van der Waals surface area (Å²) in [7, 11) is -1.71. The lowest BCUT2D eigenvalue weighted by molar-refractivity contribution is 0.192. The van der Waals surface area contributed by atoms with Crippen molar-refractivity contribution in [2.24, 2.45) is 0 Å². The molecule has 0 aromatic carbocycles. The molecule has 0 spiro atoms. The second-order valence-electron chi connectivity index (χ2n) is 4.44. The zero-order valence-electron chi connectivity index (χ0n) is 12.1. The van der Waals surface area contributed by atoms with E-state index in [9.17, 15) is 8.42 Å². The van der Waals surface area contributed by atoms with Gasteiger partial charge in [-0.3, -0.25) is 0 Å². The van der Waals surface area contributed by atoms with Gasteiger partial charge in [0.1, 0.15) is 0 Å². The predicted molar refractivity (Wildman–Crippen MR) is 82.6 cm³/mol. The van der Waals surface area contributed by atoms with Crippen LogP contribution < -0.4 is 10.0 Å². The molecule has 1 aromatic heterocycles. The van der Waals surface area contributed by atoms with Crippen LogP contribution in [0.1, 0.15) is 31.1 Å². The van der Waals surface area contributed by atoms with E-state index >= 15 is 0 Å². The Morgan fingerprint density at radius 3 is 2.80 bits per heavy atom. The Morgan fingerprint density at radius 1 is 1.30 bits per heavy atom. The first kappa shape index (κ1) is 17.6. The minimum absolute atomic E-state index is 0.403. The van der Waals surface area contributed by atoms with Crippen molar-refractivity contribution in [2.75, 3.05) is 26.8 Å². The van der Waals surface area contributed by atoms with Crippen molar-refractivity contribution < 1.29 is 13.2 Å². The van der Waals surface area contributed by atoms with Gasteiger partial charge >= 0.3 is 0 Å². The Balaban J connectivity index is 2.45. The van der Waals surface area contributed by atoms with Crippen molar-refractivity contribution in [3.63, 3.8) is 0 Å². The van der Waals surface area contributed by atoms with E-state index in [4.69, 9.17) is 4.74 Å². The van der Waals surface area contributed by atoms with Crippen LogP contribution >= 0.6 is 11.3 Å². The van der Waals surface area contributed by atoms with Gasteiger partial charge in [-0.2, -0.15) is 0 Å². The van der Waals surface area contributed by atoms with Crippen LogP contribution in [0.3, 0.4) is 0 Å². The summed E-state index contributed by atoms with van der Waals surface area (Å²) in [5.74, 6) is 0. The van der Waals surface area contributed by atoms with Crippen LogP contribution in [0.4, 0.5) is 0 Å². The van der Waals surface area contributed by atoms with Crippen molar-refractivity contribution in [1.29, 1.82) is 0 Å². The first-order valence-corrected chi connectivity index (χ1v) is 9.23. The molecule has 0 bridgehead atoms. The predicted octanol–water partition coefficient (Wildman–Crippen LogP) is 1.95. The lowest BCUT2D eigenvalue weighted by atomic mass is 10.2. The number of hydrogen-bond donors (Lipinski definition) is 2. The summed E-state index contributed by atoms with van der Waals surface area (Å²) in [6.45, 7) is 4.62. The summed E-state index contributed by atoms with van der Waals surface area (Å²) in [5, 5.41) is 4.98. The third kappa shape index (κ3) is 5.88. The molecule has 0 saturated heterocycles. The molecule has 0 atom stereocenters. The summed E-state index contributed by atoms with van der Waals surface area (Å²) >= 11 is 1.47. The molecule has 0 saturated carbocycles. The Morgan fingerprint density at radius 2 is 2.10 bits per heavy atom. The van der Waals surface area contributed by atoms with E-state index < -0.39 is 10.0 Å². The summed E-state index contributed by atoms with van der Waals surface area (Å²) in [4.78, 5) is 1.26. The molecule has 0 fully saturated rings. The lowest BCUT2D eigenvalue weighted by Crippen LogP contribution is -2.26. The van der Waals surface area contributed by atoms with Crippen molar-refractivity contribution in [1.82, 2.24) is 10.0 Å². The summed E-state index contributed by atoms with van der Waals surface area (Å²) < 4.78 is 32.0. The average molecular weight is 320 g/mol. The third-order valence-electron chi connectivity index (χ3n) is 2.85. The van der Waals surface area contributed by atoms with Gasteiger partial charge in [0.25, 0.3) is 0 Å². The van der Waals surface area contributed by atoms with Crippen molar-refractivity contribution in [3.05, 3.63) is 16.3 Å². The van der Waals surface area contributed by atoms with Gasteiger partial charge in [0.15, 0.2) is 0 Å². The molecule has 7 heteroatoms. The molecule has 0 aliphatic carbocycles. The highest BCUT2D eigenvalue weighted by atomic mass is 32.2. The van der Waals surface area contributed by atoms with E-state index in [0.717, 1.165) is 37.3 Å². The normalized spacial score (nSPS) is 11.9. The Hall–Kier alpha value is -0.470. The topological polar surface area (TPSA) is 67.4 Å². The van der Waals surface area contributed by atoms with Crippen LogP contribution in [0.2, 0.25) is 0 Å². The van der Waals surface area contributed by atoms with Gasteiger partial charge < -0.3 is 10.1 Å². The highest BCUT2D eigenvalue weighted by Gasteiger charge is 2.18. The second kappa shape index (κ2) is 9.46. The number of sulfonamides is 1. The van der Waals surface area contributed by atoms with Crippen LogP contribution in [-0.2, 0) is 21.3 Å². The summed E-state index contributed by atoms with van der Waals surface area (Å²) in [6, 6.07) is 1.67. The van der Waals surface area contributed by atoms with Crippen molar-refractivity contribution in [3.8, 4) is 0 Å². The standard InChI is InChI=1S/C13H24N2O3S2/c1-3-14-11-12-13(7-10-19-12)20(16,17)15-8-5-4-6-9-18-2/h7,10,14-15H,3-6,8-9,11H2,1-2H3. The minimum atomic E-state index is -3.38. The van der Waals surface area contributed by atoms with Gasteiger partial charge in [0, 0.05) is 31.7 Å². The van der Waals surface area contributed by atoms with Crippen molar-refractivity contribution in [2.45, 2.75) is 37.6 Å². The van der Waals surface area contributed by atoms with E-state index in [1.54, 1.807) is 13.2 Å². The Bertz CT molecular complexity index is 472. The van der Waals surface area contributed by atoms with Gasteiger partial charge in [-0.25, -0.2) is 13.1 Å². The maximum absolute atomic E-state index is 12.2. The zero-order chi connectivity index (χ0) is 14.8. The Labute approximate surface area is 125 Å². The van der Waals surface area contributed by atoms with Crippen LogP contribution in [-0.4, -0.2) is 35.2 Å². The van der Waals surface area contributed by atoms with E-state index in [1.807, 2.05) is 12.3 Å². The second-order valence-corrected chi connectivity index (χ2v) is 7.18. The molecule has 0 radical (unpaired) electrons. The maximum atomic E-state index is 12.2. The minimum Gasteiger partial charge on any atom is -0.385 e. The molecule has 0 unspecified atom stereocenters. The van der Waals surface area contributed by atoms with Crippen LogP contribution in [0, 0.1) is 0 Å². The molecule has 0 aliphatic rings. The molecule has 116 valence electrons. The van der Waals surface area contributed by atoms with Gasteiger partial charge in [-0.1, -0.05) is 6.92 Å². The number of thiophene rings is 1. The number of nitrogens with one attached hydrogen (secondary N) is 2. The number of methoxy groups -OCH3 is 1. The zero-order valence-corrected chi connectivity index (χ0v) is 13.8. The van der Waals surface area contributed by atoms with Crippen LogP contribution in [0.15, 0.2) is 16.3 Å². The number of unbranched alkanes of at least 4 members (excludes halogenated alkanes) is 2. The maximum Gasteiger partial charge on any atom is 0.241 e. The van der Waals surface area contributed by atoms with Gasteiger partial charge in [-0.15, -0.1) is 11.3 Å². The number of hydrogen-bond acceptors (Lipinski definition) is 5. The summed E-state index contributed by atoms with van der Waals surface area (Å²) in [5.41, 5.74) is 0. The fraction of sp³-hybridized carbons (Fsp3) is 0.692. The highest BCUT2D eigenvalue weighted by molar-refractivity contribution is 7.89. The first-order valence-electron chi connectivity index (χ1n) is 6.87.